The summed E-state index contributed by atoms with van der Waals surface area (Å²) in [6.07, 6.45) is 0.321. The SMILES string of the molecule is COC(=O)C1CN(c2nc(C)nc3scc(CC(C)C)c23)C[C@H](C)O1. The number of aryl methyl sites for hydroxylation is 1. The third kappa shape index (κ3) is 3.77. The van der Waals surface area contributed by atoms with Crippen LogP contribution < -0.4 is 4.90 Å². The van der Waals surface area contributed by atoms with Crippen molar-refractivity contribution in [2.75, 3.05) is 25.1 Å². The zero-order chi connectivity index (χ0) is 18.1. The molecule has 3 heterocycles. The third-order valence-electron chi connectivity index (χ3n) is 4.25. The van der Waals surface area contributed by atoms with Crippen molar-refractivity contribution < 1.29 is 14.3 Å². The van der Waals surface area contributed by atoms with E-state index in [-0.39, 0.29) is 12.1 Å². The van der Waals surface area contributed by atoms with E-state index < -0.39 is 6.10 Å². The Bertz CT molecular complexity index is 774. The van der Waals surface area contributed by atoms with Gasteiger partial charge in [-0.05, 0) is 37.1 Å². The highest BCUT2D eigenvalue weighted by Gasteiger charge is 2.33. The molecular weight excluding hydrogens is 338 g/mol. The maximum absolute atomic E-state index is 12.0. The Balaban J connectivity index is 2.04. The van der Waals surface area contributed by atoms with Gasteiger partial charge in [-0.1, -0.05) is 13.8 Å². The summed E-state index contributed by atoms with van der Waals surface area (Å²) in [5.74, 6) is 1.86. The van der Waals surface area contributed by atoms with Crippen LogP contribution in [-0.2, 0) is 20.7 Å². The zero-order valence-corrected chi connectivity index (χ0v) is 16.2. The van der Waals surface area contributed by atoms with Crippen LogP contribution in [0.3, 0.4) is 0 Å². The molecule has 0 N–H and O–H groups in total. The molecule has 3 rings (SSSR count). The van der Waals surface area contributed by atoms with Gasteiger partial charge >= 0.3 is 5.97 Å². The highest BCUT2D eigenvalue weighted by atomic mass is 32.1. The van der Waals surface area contributed by atoms with E-state index in [0.29, 0.717) is 19.0 Å². The van der Waals surface area contributed by atoms with Gasteiger partial charge in [-0.25, -0.2) is 14.8 Å². The van der Waals surface area contributed by atoms with Gasteiger partial charge in [0.05, 0.1) is 25.1 Å². The minimum Gasteiger partial charge on any atom is -0.467 e. The summed E-state index contributed by atoms with van der Waals surface area (Å²) in [6.45, 7) is 9.43. The van der Waals surface area contributed by atoms with E-state index in [1.165, 1.54) is 12.7 Å². The molecule has 7 heteroatoms. The van der Waals surface area contributed by atoms with Crippen LogP contribution in [0.15, 0.2) is 5.38 Å². The minimum atomic E-state index is -0.591. The summed E-state index contributed by atoms with van der Waals surface area (Å²) >= 11 is 1.66. The monoisotopic (exact) mass is 363 g/mol. The average Bonchev–Trinajstić information content (AvgIpc) is 2.94. The number of esters is 1. The van der Waals surface area contributed by atoms with Crippen molar-refractivity contribution in [3.05, 3.63) is 16.8 Å². The molecule has 1 aliphatic heterocycles. The second kappa shape index (κ2) is 7.25. The molecule has 0 radical (unpaired) electrons. The van der Waals surface area contributed by atoms with Crippen molar-refractivity contribution in [2.24, 2.45) is 5.92 Å². The summed E-state index contributed by atoms with van der Waals surface area (Å²) in [6, 6.07) is 0. The summed E-state index contributed by atoms with van der Waals surface area (Å²) < 4.78 is 10.6. The van der Waals surface area contributed by atoms with Crippen LogP contribution in [0.25, 0.3) is 10.2 Å². The van der Waals surface area contributed by atoms with Gasteiger partial charge < -0.3 is 14.4 Å². The molecule has 0 amide bonds. The normalized spacial score (nSPS) is 21.1. The molecule has 1 saturated heterocycles. The quantitative estimate of drug-likeness (QED) is 0.778. The zero-order valence-electron chi connectivity index (χ0n) is 15.4. The van der Waals surface area contributed by atoms with Gasteiger partial charge in [0, 0.05) is 6.54 Å². The number of methoxy groups -OCH3 is 1. The first-order valence-electron chi connectivity index (χ1n) is 8.62. The summed E-state index contributed by atoms with van der Waals surface area (Å²) in [5.41, 5.74) is 1.28. The Kier molecular flexibility index (Phi) is 5.24. The van der Waals surface area contributed by atoms with Gasteiger partial charge in [-0.3, -0.25) is 0 Å². The topological polar surface area (TPSA) is 64.5 Å². The van der Waals surface area contributed by atoms with Gasteiger partial charge in [0.2, 0.25) is 0 Å². The Morgan fingerprint density at radius 3 is 2.88 bits per heavy atom. The minimum absolute atomic E-state index is 0.0737. The fourth-order valence-electron chi connectivity index (χ4n) is 3.29. The molecule has 25 heavy (non-hydrogen) atoms. The first-order valence-corrected chi connectivity index (χ1v) is 9.50. The molecule has 6 nitrogen and oxygen atoms in total. The van der Waals surface area contributed by atoms with Crippen LogP contribution in [-0.4, -0.2) is 48.3 Å². The number of fused-ring (bicyclic) bond motifs is 1. The molecule has 1 aliphatic rings. The fourth-order valence-corrected chi connectivity index (χ4v) is 4.28. The lowest BCUT2D eigenvalue weighted by Gasteiger charge is -2.36. The van der Waals surface area contributed by atoms with E-state index in [1.807, 2.05) is 13.8 Å². The standard InChI is InChI=1S/C18H25N3O3S/c1-10(2)6-13-9-25-17-15(13)16(19-12(4)20-17)21-7-11(3)24-14(8-21)18(22)23-5/h9-11,14H,6-8H2,1-5H3/t11-,14?/m0/s1. The number of aromatic nitrogens is 2. The van der Waals surface area contributed by atoms with Crippen molar-refractivity contribution in [3.63, 3.8) is 0 Å². The number of rotatable bonds is 4. The highest BCUT2D eigenvalue weighted by Crippen LogP contribution is 2.34. The van der Waals surface area contributed by atoms with E-state index in [4.69, 9.17) is 14.5 Å². The van der Waals surface area contributed by atoms with E-state index in [9.17, 15) is 4.79 Å². The molecule has 0 aromatic carbocycles. The van der Waals surface area contributed by atoms with E-state index in [2.05, 4.69) is 29.1 Å². The third-order valence-corrected chi connectivity index (χ3v) is 5.18. The van der Waals surface area contributed by atoms with Crippen LogP contribution in [0.4, 0.5) is 5.82 Å². The lowest BCUT2D eigenvalue weighted by atomic mass is 10.0. The van der Waals surface area contributed by atoms with Crippen LogP contribution >= 0.6 is 11.3 Å². The Morgan fingerprint density at radius 1 is 1.44 bits per heavy atom. The Hall–Kier alpha value is -1.73. The number of thiophene rings is 1. The number of hydrogen-bond donors (Lipinski definition) is 0. The molecule has 136 valence electrons. The van der Waals surface area contributed by atoms with Crippen LogP contribution in [0.1, 0.15) is 32.2 Å². The Morgan fingerprint density at radius 2 is 2.20 bits per heavy atom. The average molecular weight is 363 g/mol. The highest BCUT2D eigenvalue weighted by molar-refractivity contribution is 7.17. The number of carbonyl (C=O) groups excluding carboxylic acids is 1. The second-order valence-corrected chi connectivity index (χ2v) is 7.86. The molecule has 2 aromatic rings. The predicted molar refractivity (Wildman–Crippen MR) is 99.3 cm³/mol. The smallest absolute Gasteiger partial charge is 0.336 e. The number of anilines is 1. The van der Waals surface area contributed by atoms with Crippen molar-refractivity contribution in [1.29, 1.82) is 0 Å². The van der Waals surface area contributed by atoms with Crippen LogP contribution in [0, 0.1) is 12.8 Å². The first kappa shape index (κ1) is 18.1. The summed E-state index contributed by atoms with van der Waals surface area (Å²) in [5, 5.41) is 3.30. The molecule has 0 spiro atoms. The van der Waals surface area contributed by atoms with Gasteiger partial charge in [0.25, 0.3) is 0 Å². The fraction of sp³-hybridized carbons (Fsp3) is 0.611. The van der Waals surface area contributed by atoms with Gasteiger partial charge in [-0.2, -0.15) is 0 Å². The van der Waals surface area contributed by atoms with Crippen molar-refractivity contribution in [2.45, 2.75) is 46.3 Å². The van der Waals surface area contributed by atoms with Gasteiger partial charge in [0.15, 0.2) is 6.10 Å². The van der Waals surface area contributed by atoms with Gasteiger partial charge in [-0.15, -0.1) is 11.3 Å². The summed E-state index contributed by atoms with van der Waals surface area (Å²) in [4.78, 5) is 24.5. The number of morpholine rings is 1. The molecular formula is C18H25N3O3S. The van der Waals surface area contributed by atoms with Crippen molar-refractivity contribution in [1.82, 2.24) is 9.97 Å². The first-order chi connectivity index (χ1) is 11.9. The Labute approximate surface area is 152 Å². The van der Waals surface area contributed by atoms with Crippen LogP contribution in [0.2, 0.25) is 0 Å². The maximum atomic E-state index is 12.0. The van der Waals surface area contributed by atoms with Crippen molar-refractivity contribution in [3.8, 4) is 0 Å². The van der Waals surface area contributed by atoms with E-state index in [1.54, 1.807) is 11.3 Å². The molecule has 2 atom stereocenters. The number of carbonyl (C=O) groups is 1. The number of nitrogens with zero attached hydrogens (tertiary/aromatic N) is 3. The lowest BCUT2D eigenvalue weighted by Crippen LogP contribution is -2.50. The van der Waals surface area contributed by atoms with Gasteiger partial charge in [0.1, 0.15) is 16.5 Å². The predicted octanol–water partition coefficient (Wildman–Crippen LogP) is 2.96. The molecule has 0 aliphatic carbocycles. The summed E-state index contributed by atoms with van der Waals surface area (Å²) in [7, 11) is 1.39. The molecule has 1 fully saturated rings. The maximum Gasteiger partial charge on any atom is 0.336 e. The van der Waals surface area contributed by atoms with Crippen molar-refractivity contribution >= 4 is 33.3 Å². The van der Waals surface area contributed by atoms with Crippen LogP contribution in [0.5, 0.6) is 0 Å². The molecule has 2 aromatic heterocycles. The molecule has 0 bridgehead atoms. The number of hydrogen-bond acceptors (Lipinski definition) is 7. The second-order valence-electron chi connectivity index (χ2n) is 7.00. The lowest BCUT2D eigenvalue weighted by molar-refractivity contribution is -0.158. The molecule has 1 unspecified atom stereocenters. The van der Waals surface area contributed by atoms with E-state index in [0.717, 1.165) is 28.3 Å². The van der Waals surface area contributed by atoms with E-state index >= 15 is 0 Å². The number of ether oxygens (including phenoxy) is 2. The largest absolute Gasteiger partial charge is 0.467 e. The molecule has 0 saturated carbocycles.